The van der Waals surface area contributed by atoms with E-state index < -0.39 is 6.04 Å². The molecule has 168 valence electrons. The maximum Gasteiger partial charge on any atom is 0.254 e. The molecule has 3 aromatic rings. The Labute approximate surface area is 195 Å². The molecule has 2 aliphatic rings. The fourth-order valence-electron chi connectivity index (χ4n) is 5.67. The number of likely N-dealkylation sites (tertiary alicyclic amines) is 1. The van der Waals surface area contributed by atoms with Crippen molar-refractivity contribution in [3.63, 3.8) is 0 Å². The van der Waals surface area contributed by atoms with Crippen molar-refractivity contribution in [1.29, 1.82) is 0 Å². The number of hydrogen-bond acceptors (Lipinski definition) is 2. The maximum absolute atomic E-state index is 13.6. The smallest absolute Gasteiger partial charge is 0.254 e. The largest absolute Gasteiger partial charge is 0.348 e. The van der Waals surface area contributed by atoms with Gasteiger partial charge in [0.15, 0.2) is 0 Å². The van der Waals surface area contributed by atoms with Gasteiger partial charge in [-0.2, -0.15) is 0 Å². The number of nitrogens with zero attached hydrogens (tertiary/aromatic N) is 1. The van der Waals surface area contributed by atoms with E-state index in [-0.39, 0.29) is 23.8 Å². The summed E-state index contributed by atoms with van der Waals surface area (Å²) < 4.78 is 0. The zero-order valence-corrected chi connectivity index (χ0v) is 18.8. The molecule has 0 aromatic heterocycles. The molecule has 2 fully saturated rings. The molecule has 5 rings (SSSR count). The second-order valence-electron chi connectivity index (χ2n) is 9.36. The third-order valence-electron chi connectivity index (χ3n) is 7.33. The normalized spacial score (nSPS) is 22.7. The number of nitrogens with one attached hydrogen (secondary N) is 1. The van der Waals surface area contributed by atoms with E-state index >= 15 is 0 Å². The molecule has 1 heterocycles. The molecule has 33 heavy (non-hydrogen) atoms. The molecular formula is C29H30N2O2. The van der Waals surface area contributed by atoms with Gasteiger partial charge in [-0.05, 0) is 59.6 Å². The molecule has 1 saturated heterocycles. The van der Waals surface area contributed by atoms with E-state index in [9.17, 15) is 9.59 Å². The summed E-state index contributed by atoms with van der Waals surface area (Å²) in [6.45, 7) is 4.60. The molecular weight excluding hydrogens is 408 g/mol. The Kier molecular flexibility index (Phi) is 5.99. The molecule has 2 amide bonds. The van der Waals surface area contributed by atoms with E-state index in [0.29, 0.717) is 24.4 Å². The summed E-state index contributed by atoms with van der Waals surface area (Å²) in [4.78, 5) is 29.0. The highest BCUT2D eigenvalue weighted by molar-refractivity contribution is 6.01. The summed E-state index contributed by atoms with van der Waals surface area (Å²) in [5.41, 5.74) is 1.80. The molecule has 0 spiro atoms. The molecule has 1 aliphatic carbocycles. The highest BCUT2D eigenvalue weighted by atomic mass is 16.2. The van der Waals surface area contributed by atoms with Gasteiger partial charge in [-0.25, -0.2) is 0 Å². The maximum atomic E-state index is 13.6. The molecule has 0 unspecified atom stereocenters. The van der Waals surface area contributed by atoms with Gasteiger partial charge in [0.25, 0.3) is 5.91 Å². The number of carbonyl (C=O) groups excluding carboxylic acids is 2. The van der Waals surface area contributed by atoms with Crippen LogP contribution in [-0.4, -0.2) is 35.3 Å². The summed E-state index contributed by atoms with van der Waals surface area (Å²) in [5.74, 6) is 0.533. The summed E-state index contributed by atoms with van der Waals surface area (Å²) in [6, 6.07) is 23.4. The molecule has 0 radical (unpaired) electrons. The van der Waals surface area contributed by atoms with Gasteiger partial charge in [0.1, 0.15) is 6.04 Å². The zero-order valence-electron chi connectivity index (χ0n) is 18.8. The van der Waals surface area contributed by atoms with Crippen molar-refractivity contribution in [2.24, 2.45) is 11.8 Å². The first-order valence-corrected chi connectivity index (χ1v) is 11.9. The standard InChI is InChI=1S/C29H30N2O2/c1-2-25(17-20-9-4-3-5-10-20)30-28(32)27-26-14-8-13-24(26)19-31(27)29(33)23-16-15-21-11-6-7-12-22(21)18-23/h2-7,9-12,15-16,18,24-27H,1,8,13-14,17,19H2,(H,30,32)/t24-,25-,26-,27-/m0/s1. The summed E-state index contributed by atoms with van der Waals surface area (Å²) in [5, 5.41) is 5.33. The zero-order chi connectivity index (χ0) is 22.8. The van der Waals surface area contributed by atoms with Gasteiger partial charge in [0.05, 0.1) is 6.04 Å². The van der Waals surface area contributed by atoms with Gasteiger partial charge in [0.2, 0.25) is 5.91 Å². The van der Waals surface area contributed by atoms with Crippen LogP contribution in [0.2, 0.25) is 0 Å². The van der Waals surface area contributed by atoms with Gasteiger partial charge in [-0.3, -0.25) is 9.59 Å². The lowest BCUT2D eigenvalue weighted by molar-refractivity contribution is -0.126. The van der Waals surface area contributed by atoms with E-state index in [1.165, 1.54) is 0 Å². The van der Waals surface area contributed by atoms with Gasteiger partial charge in [0, 0.05) is 12.1 Å². The molecule has 1 saturated carbocycles. The molecule has 3 aromatic carbocycles. The third kappa shape index (κ3) is 4.30. The van der Waals surface area contributed by atoms with E-state index in [4.69, 9.17) is 0 Å². The average molecular weight is 439 g/mol. The SMILES string of the molecule is C=C[C@@H](Cc1ccccc1)NC(=O)[C@@H]1[C@H]2CCC[C@H]2CN1C(=O)c1ccc2ccccc2c1. The Hall–Kier alpha value is -3.40. The van der Waals surface area contributed by atoms with Crippen LogP contribution < -0.4 is 5.32 Å². The molecule has 1 aliphatic heterocycles. The van der Waals surface area contributed by atoms with Crippen LogP contribution in [0.5, 0.6) is 0 Å². The summed E-state index contributed by atoms with van der Waals surface area (Å²) in [6.07, 6.45) is 5.70. The predicted octanol–water partition coefficient (Wildman–Crippen LogP) is 4.99. The fraction of sp³-hybridized carbons (Fsp3) is 0.310. The van der Waals surface area contributed by atoms with Crippen molar-refractivity contribution in [3.05, 3.63) is 96.6 Å². The molecule has 4 nitrogen and oxygen atoms in total. The minimum absolute atomic E-state index is 0.0477. The Morgan fingerprint density at radius 2 is 1.76 bits per heavy atom. The third-order valence-corrected chi connectivity index (χ3v) is 7.33. The van der Waals surface area contributed by atoms with Crippen molar-refractivity contribution in [1.82, 2.24) is 10.2 Å². The number of hydrogen-bond donors (Lipinski definition) is 1. The van der Waals surface area contributed by atoms with Crippen molar-refractivity contribution in [2.45, 2.75) is 37.8 Å². The van der Waals surface area contributed by atoms with Crippen LogP contribution >= 0.6 is 0 Å². The van der Waals surface area contributed by atoms with Gasteiger partial charge in [-0.1, -0.05) is 73.2 Å². The second-order valence-corrected chi connectivity index (χ2v) is 9.36. The minimum Gasteiger partial charge on any atom is -0.348 e. The Morgan fingerprint density at radius 1 is 1.00 bits per heavy atom. The molecule has 0 bridgehead atoms. The first kappa shape index (κ1) is 21.4. The fourth-order valence-corrected chi connectivity index (χ4v) is 5.67. The lowest BCUT2D eigenvalue weighted by Gasteiger charge is -2.29. The number of rotatable bonds is 6. The van der Waals surface area contributed by atoms with Gasteiger partial charge < -0.3 is 10.2 Å². The second kappa shape index (κ2) is 9.22. The van der Waals surface area contributed by atoms with Crippen LogP contribution in [0, 0.1) is 11.8 Å². The molecule has 1 N–H and O–H groups in total. The summed E-state index contributed by atoms with van der Waals surface area (Å²) >= 11 is 0. The van der Waals surface area contributed by atoms with E-state index in [2.05, 4.69) is 24.0 Å². The molecule has 4 atom stereocenters. The minimum atomic E-state index is -0.422. The average Bonchev–Trinajstić information content (AvgIpc) is 3.45. The highest BCUT2D eigenvalue weighted by Crippen LogP contribution is 2.43. The lowest BCUT2D eigenvalue weighted by atomic mass is 9.93. The van der Waals surface area contributed by atoms with E-state index in [0.717, 1.165) is 35.6 Å². The van der Waals surface area contributed by atoms with Crippen LogP contribution in [0.4, 0.5) is 0 Å². The van der Waals surface area contributed by atoms with Crippen LogP contribution in [0.3, 0.4) is 0 Å². The Morgan fingerprint density at radius 3 is 2.55 bits per heavy atom. The van der Waals surface area contributed by atoms with Crippen molar-refractivity contribution in [2.75, 3.05) is 6.54 Å². The molecule has 4 heteroatoms. The van der Waals surface area contributed by atoms with Crippen molar-refractivity contribution >= 4 is 22.6 Å². The Balaban J connectivity index is 1.38. The van der Waals surface area contributed by atoms with Crippen molar-refractivity contribution in [3.8, 4) is 0 Å². The number of amides is 2. The Bertz CT molecular complexity index is 1170. The van der Waals surface area contributed by atoms with Crippen LogP contribution in [0.1, 0.15) is 35.2 Å². The van der Waals surface area contributed by atoms with Crippen molar-refractivity contribution < 1.29 is 9.59 Å². The monoisotopic (exact) mass is 438 g/mol. The lowest BCUT2D eigenvalue weighted by Crippen LogP contribution is -2.51. The van der Waals surface area contributed by atoms with Gasteiger partial charge in [-0.15, -0.1) is 6.58 Å². The van der Waals surface area contributed by atoms with Gasteiger partial charge >= 0.3 is 0 Å². The first-order chi connectivity index (χ1) is 16.1. The highest BCUT2D eigenvalue weighted by Gasteiger charge is 2.49. The summed E-state index contributed by atoms with van der Waals surface area (Å²) in [7, 11) is 0. The topological polar surface area (TPSA) is 49.4 Å². The number of benzene rings is 3. The van der Waals surface area contributed by atoms with Crippen LogP contribution in [0.25, 0.3) is 10.8 Å². The number of fused-ring (bicyclic) bond motifs is 2. The first-order valence-electron chi connectivity index (χ1n) is 11.9. The van der Waals surface area contributed by atoms with E-state index in [1.54, 1.807) is 6.08 Å². The quantitative estimate of drug-likeness (QED) is 0.551. The van der Waals surface area contributed by atoms with E-state index in [1.807, 2.05) is 65.6 Å². The predicted molar refractivity (Wildman–Crippen MR) is 132 cm³/mol. The van der Waals surface area contributed by atoms with Crippen LogP contribution in [0.15, 0.2) is 85.5 Å². The number of carbonyl (C=O) groups is 2. The van der Waals surface area contributed by atoms with Crippen LogP contribution in [-0.2, 0) is 11.2 Å².